The standard InChI is InChI=1S/C10H7ClN2O3/c11-8-9(13-16-10(8)12)5-1-2-6-7(3-5)15-4-14-6/h1-3H,4,12H2. The van der Waals surface area contributed by atoms with Crippen LogP contribution < -0.4 is 15.2 Å². The second-order valence-electron chi connectivity index (χ2n) is 3.28. The molecule has 0 bridgehead atoms. The minimum absolute atomic E-state index is 0.106. The van der Waals surface area contributed by atoms with E-state index < -0.39 is 0 Å². The summed E-state index contributed by atoms with van der Waals surface area (Å²) in [6, 6.07) is 5.39. The van der Waals surface area contributed by atoms with Gasteiger partial charge in [-0.3, -0.25) is 0 Å². The molecule has 0 radical (unpaired) electrons. The number of rotatable bonds is 1. The smallest absolute Gasteiger partial charge is 0.241 e. The first-order chi connectivity index (χ1) is 7.75. The van der Waals surface area contributed by atoms with E-state index in [0.29, 0.717) is 22.2 Å². The van der Waals surface area contributed by atoms with Crippen molar-refractivity contribution in [1.29, 1.82) is 0 Å². The molecule has 0 atom stereocenters. The Morgan fingerprint density at radius 3 is 2.81 bits per heavy atom. The van der Waals surface area contributed by atoms with Crippen LogP contribution in [0.4, 0.5) is 5.88 Å². The van der Waals surface area contributed by atoms with Gasteiger partial charge in [0.2, 0.25) is 12.7 Å². The molecule has 2 N–H and O–H groups in total. The first kappa shape index (κ1) is 9.35. The van der Waals surface area contributed by atoms with Crippen LogP contribution in [-0.2, 0) is 0 Å². The number of aromatic nitrogens is 1. The number of nitrogens with zero attached hydrogens (tertiary/aromatic N) is 1. The van der Waals surface area contributed by atoms with Gasteiger partial charge in [0.25, 0.3) is 0 Å². The molecule has 0 amide bonds. The fourth-order valence-corrected chi connectivity index (χ4v) is 1.69. The number of anilines is 1. The number of fused-ring (bicyclic) bond motifs is 1. The van der Waals surface area contributed by atoms with E-state index in [0.717, 1.165) is 5.56 Å². The molecule has 0 unspecified atom stereocenters. The summed E-state index contributed by atoms with van der Waals surface area (Å²) in [5, 5.41) is 4.09. The fourth-order valence-electron chi connectivity index (χ4n) is 1.51. The fraction of sp³-hybridized carbons (Fsp3) is 0.100. The third kappa shape index (κ3) is 1.29. The van der Waals surface area contributed by atoms with Crippen molar-refractivity contribution in [3.05, 3.63) is 23.2 Å². The predicted octanol–water partition coefficient (Wildman–Crippen LogP) is 2.31. The summed E-state index contributed by atoms with van der Waals surface area (Å²) < 4.78 is 15.2. The van der Waals surface area contributed by atoms with Crippen molar-refractivity contribution in [1.82, 2.24) is 5.16 Å². The van der Waals surface area contributed by atoms with Crippen LogP contribution in [0.2, 0.25) is 5.02 Å². The van der Waals surface area contributed by atoms with Crippen LogP contribution >= 0.6 is 11.6 Å². The monoisotopic (exact) mass is 238 g/mol. The molecule has 1 aliphatic rings. The number of hydrogen-bond donors (Lipinski definition) is 1. The summed E-state index contributed by atoms with van der Waals surface area (Å²) in [4.78, 5) is 0. The number of nitrogen functional groups attached to an aromatic ring is 1. The molecule has 0 spiro atoms. The number of halogens is 1. The van der Waals surface area contributed by atoms with Crippen molar-refractivity contribution in [3.63, 3.8) is 0 Å². The first-order valence-corrected chi connectivity index (χ1v) is 4.94. The van der Waals surface area contributed by atoms with Gasteiger partial charge in [0.05, 0.1) is 0 Å². The van der Waals surface area contributed by atoms with Crippen LogP contribution in [0.3, 0.4) is 0 Å². The van der Waals surface area contributed by atoms with Gasteiger partial charge in [-0.25, -0.2) is 0 Å². The number of nitrogens with two attached hydrogens (primary N) is 1. The van der Waals surface area contributed by atoms with E-state index in [-0.39, 0.29) is 12.7 Å². The highest BCUT2D eigenvalue weighted by molar-refractivity contribution is 6.35. The molecule has 1 aliphatic heterocycles. The van der Waals surface area contributed by atoms with Gasteiger partial charge in [-0.05, 0) is 18.2 Å². The average molecular weight is 239 g/mol. The molecule has 0 fully saturated rings. The van der Waals surface area contributed by atoms with E-state index in [1.165, 1.54) is 0 Å². The molecule has 3 rings (SSSR count). The maximum atomic E-state index is 5.94. The Hall–Kier alpha value is -1.88. The van der Waals surface area contributed by atoms with Crippen molar-refractivity contribution >= 4 is 17.5 Å². The number of ether oxygens (including phenoxy) is 2. The normalized spacial score (nSPS) is 13.1. The van der Waals surface area contributed by atoms with Crippen LogP contribution in [0, 0.1) is 0 Å². The topological polar surface area (TPSA) is 70.5 Å². The minimum Gasteiger partial charge on any atom is -0.454 e. The Kier molecular flexibility index (Phi) is 1.94. The lowest BCUT2D eigenvalue weighted by Gasteiger charge is -1.99. The van der Waals surface area contributed by atoms with E-state index in [9.17, 15) is 0 Å². The first-order valence-electron chi connectivity index (χ1n) is 4.56. The molecule has 0 saturated heterocycles. The van der Waals surface area contributed by atoms with Gasteiger partial charge < -0.3 is 19.7 Å². The van der Waals surface area contributed by atoms with Crippen LogP contribution in [0.15, 0.2) is 22.7 Å². The zero-order chi connectivity index (χ0) is 11.1. The predicted molar refractivity (Wildman–Crippen MR) is 57.5 cm³/mol. The summed E-state index contributed by atoms with van der Waals surface area (Å²) in [5.74, 6) is 1.47. The summed E-state index contributed by atoms with van der Waals surface area (Å²) in [6.07, 6.45) is 0. The quantitative estimate of drug-likeness (QED) is 0.826. The molecule has 5 nitrogen and oxygen atoms in total. The van der Waals surface area contributed by atoms with E-state index in [1.807, 2.05) is 6.07 Å². The average Bonchev–Trinajstić information content (AvgIpc) is 2.86. The summed E-state index contributed by atoms with van der Waals surface area (Å²) in [7, 11) is 0. The number of benzene rings is 1. The van der Waals surface area contributed by atoms with Gasteiger partial charge in [0.1, 0.15) is 10.7 Å². The van der Waals surface area contributed by atoms with E-state index in [2.05, 4.69) is 5.16 Å². The molecule has 1 aromatic carbocycles. The van der Waals surface area contributed by atoms with Crippen LogP contribution in [0.1, 0.15) is 0 Å². The van der Waals surface area contributed by atoms with Crippen LogP contribution in [0.5, 0.6) is 11.5 Å². The summed E-state index contributed by atoms with van der Waals surface area (Å²) in [5.41, 5.74) is 6.74. The minimum atomic E-state index is 0.106. The SMILES string of the molecule is Nc1onc(-c2ccc3c(c2)OCO3)c1Cl. The Morgan fingerprint density at radius 2 is 2.06 bits per heavy atom. The third-order valence-electron chi connectivity index (χ3n) is 2.31. The van der Waals surface area contributed by atoms with Gasteiger partial charge in [-0.15, -0.1) is 0 Å². The Balaban J connectivity index is 2.10. The van der Waals surface area contributed by atoms with Gasteiger partial charge in [-0.1, -0.05) is 16.8 Å². The van der Waals surface area contributed by atoms with E-state index in [1.54, 1.807) is 12.1 Å². The lowest BCUT2D eigenvalue weighted by atomic mass is 10.1. The largest absolute Gasteiger partial charge is 0.454 e. The zero-order valence-electron chi connectivity index (χ0n) is 8.07. The maximum Gasteiger partial charge on any atom is 0.241 e. The van der Waals surface area contributed by atoms with Crippen molar-refractivity contribution in [2.24, 2.45) is 0 Å². The maximum absolute atomic E-state index is 5.94. The Bertz CT molecular complexity index is 553. The highest BCUT2D eigenvalue weighted by Gasteiger charge is 2.18. The van der Waals surface area contributed by atoms with Crippen molar-refractivity contribution in [2.75, 3.05) is 12.5 Å². The molecule has 2 heterocycles. The molecule has 16 heavy (non-hydrogen) atoms. The Morgan fingerprint density at radius 1 is 1.25 bits per heavy atom. The summed E-state index contributed by atoms with van der Waals surface area (Å²) >= 11 is 5.94. The van der Waals surface area contributed by atoms with E-state index in [4.69, 9.17) is 31.3 Å². The van der Waals surface area contributed by atoms with Gasteiger partial charge in [-0.2, -0.15) is 0 Å². The summed E-state index contributed by atoms with van der Waals surface area (Å²) in [6.45, 7) is 0.230. The van der Waals surface area contributed by atoms with Gasteiger partial charge in [0.15, 0.2) is 11.5 Å². The van der Waals surface area contributed by atoms with E-state index >= 15 is 0 Å². The highest BCUT2D eigenvalue weighted by Crippen LogP contribution is 2.38. The molecule has 82 valence electrons. The van der Waals surface area contributed by atoms with Crippen molar-refractivity contribution in [3.8, 4) is 22.8 Å². The molecule has 0 saturated carbocycles. The number of hydrogen-bond acceptors (Lipinski definition) is 5. The Labute approximate surface area is 95.7 Å². The third-order valence-corrected chi connectivity index (χ3v) is 2.67. The molecule has 2 aromatic rings. The van der Waals surface area contributed by atoms with Crippen LogP contribution in [-0.4, -0.2) is 11.9 Å². The molecular weight excluding hydrogens is 232 g/mol. The lowest BCUT2D eigenvalue weighted by molar-refractivity contribution is 0.174. The van der Waals surface area contributed by atoms with Crippen LogP contribution in [0.25, 0.3) is 11.3 Å². The zero-order valence-corrected chi connectivity index (χ0v) is 8.82. The van der Waals surface area contributed by atoms with Crippen molar-refractivity contribution in [2.45, 2.75) is 0 Å². The van der Waals surface area contributed by atoms with Gasteiger partial charge in [0, 0.05) is 5.56 Å². The second-order valence-corrected chi connectivity index (χ2v) is 3.66. The molecule has 1 aromatic heterocycles. The molecule has 0 aliphatic carbocycles. The molecular formula is C10H7ClN2O3. The highest BCUT2D eigenvalue weighted by atomic mass is 35.5. The van der Waals surface area contributed by atoms with Crippen molar-refractivity contribution < 1.29 is 14.0 Å². The molecule has 6 heteroatoms. The van der Waals surface area contributed by atoms with Gasteiger partial charge >= 0.3 is 0 Å². The lowest BCUT2D eigenvalue weighted by Crippen LogP contribution is -1.92. The second kappa shape index (κ2) is 3.31.